The molecule has 1 amide bonds. The van der Waals surface area contributed by atoms with Gasteiger partial charge in [0.15, 0.2) is 5.82 Å². The first-order valence-corrected chi connectivity index (χ1v) is 7.10. The lowest BCUT2D eigenvalue weighted by Gasteiger charge is -2.06. The van der Waals surface area contributed by atoms with Gasteiger partial charge in [-0.2, -0.15) is 0 Å². The van der Waals surface area contributed by atoms with E-state index in [1.165, 1.54) is 5.56 Å². The van der Waals surface area contributed by atoms with E-state index in [4.69, 9.17) is 16.3 Å². The summed E-state index contributed by atoms with van der Waals surface area (Å²) in [5.41, 5.74) is 1.18. The van der Waals surface area contributed by atoms with Gasteiger partial charge in [-0.15, -0.1) is 0 Å². The summed E-state index contributed by atoms with van der Waals surface area (Å²) in [5, 5.41) is 3.16. The number of rotatable bonds is 6. The van der Waals surface area contributed by atoms with Crippen LogP contribution in [-0.4, -0.2) is 18.0 Å². The molecular formula is C16H17ClN2O2. The largest absolute Gasteiger partial charge is 0.497 e. The number of hydrogen-bond donors (Lipinski definition) is 1. The molecule has 21 heavy (non-hydrogen) atoms. The van der Waals surface area contributed by atoms with Gasteiger partial charge in [-0.25, -0.2) is 4.98 Å². The Morgan fingerprint density at radius 2 is 2.05 bits per heavy atom. The second-order valence-corrected chi connectivity index (χ2v) is 4.99. The molecule has 0 unspecified atom stereocenters. The van der Waals surface area contributed by atoms with Crippen molar-refractivity contribution in [1.29, 1.82) is 0 Å². The summed E-state index contributed by atoms with van der Waals surface area (Å²) < 4.78 is 5.11. The highest BCUT2D eigenvalue weighted by Gasteiger charge is 2.06. The molecule has 5 heteroatoms. The maximum Gasteiger partial charge on any atom is 0.225 e. The average Bonchev–Trinajstić information content (AvgIpc) is 2.50. The standard InChI is InChI=1S/C16H17ClN2O2/c1-21-13-9-7-12(8-10-13)4-2-6-15(20)19-16-14(17)5-3-11-18-16/h3,5,7-11H,2,4,6H2,1H3,(H,18,19,20). The smallest absolute Gasteiger partial charge is 0.225 e. The third-order valence-corrected chi connectivity index (χ3v) is 3.35. The van der Waals surface area contributed by atoms with E-state index in [0.717, 1.165) is 18.6 Å². The molecule has 0 saturated heterocycles. The van der Waals surface area contributed by atoms with Crippen LogP contribution < -0.4 is 10.1 Å². The Hall–Kier alpha value is -2.07. The number of methoxy groups -OCH3 is 1. The topological polar surface area (TPSA) is 51.2 Å². The molecule has 4 nitrogen and oxygen atoms in total. The van der Waals surface area contributed by atoms with Crippen LogP contribution in [0.15, 0.2) is 42.6 Å². The summed E-state index contributed by atoms with van der Waals surface area (Å²) >= 11 is 5.94. The number of pyridine rings is 1. The third-order valence-electron chi connectivity index (χ3n) is 3.04. The molecule has 0 bridgehead atoms. The van der Waals surface area contributed by atoms with Gasteiger partial charge in [0.1, 0.15) is 5.75 Å². The zero-order valence-electron chi connectivity index (χ0n) is 11.8. The summed E-state index contributed by atoms with van der Waals surface area (Å²) in [4.78, 5) is 15.9. The summed E-state index contributed by atoms with van der Waals surface area (Å²) in [6, 6.07) is 11.3. The molecule has 110 valence electrons. The first kappa shape index (κ1) is 15.3. The number of hydrogen-bond acceptors (Lipinski definition) is 3. The molecule has 0 aliphatic rings. The average molecular weight is 305 g/mol. The Labute approximate surface area is 129 Å². The molecule has 2 rings (SSSR count). The molecular weight excluding hydrogens is 288 g/mol. The van der Waals surface area contributed by atoms with Crippen molar-refractivity contribution in [2.75, 3.05) is 12.4 Å². The fourth-order valence-corrected chi connectivity index (χ4v) is 2.09. The van der Waals surface area contributed by atoms with Gasteiger partial charge in [-0.1, -0.05) is 23.7 Å². The first-order chi connectivity index (χ1) is 10.2. The number of halogens is 1. The van der Waals surface area contributed by atoms with Crippen LogP contribution in [0, 0.1) is 0 Å². The van der Waals surface area contributed by atoms with Gasteiger partial charge in [-0.3, -0.25) is 4.79 Å². The zero-order chi connectivity index (χ0) is 15.1. The van der Waals surface area contributed by atoms with E-state index in [9.17, 15) is 4.79 Å². The maximum absolute atomic E-state index is 11.8. The van der Waals surface area contributed by atoms with Crippen molar-refractivity contribution in [2.24, 2.45) is 0 Å². The number of ether oxygens (including phenoxy) is 1. The number of carbonyl (C=O) groups excluding carboxylic acids is 1. The lowest BCUT2D eigenvalue weighted by Crippen LogP contribution is -2.12. The van der Waals surface area contributed by atoms with Crippen LogP contribution in [0.1, 0.15) is 18.4 Å². The minimum absolute atomic E-state index is 0.0795. The van der Waals surface area contributed by atoms with Crippen molar-refractivity contribution in [3.63, 3.8) is 0 Å². The minimum atomic E-state index is -0.0795. The van der Waals surface area contributed by atoms with Crippen molar-refractivity contribution >= 4 is 23.3 Å². The Bertz CT molecular complexity index is 599. The molecule has 0 aliphatic carbocycles. The molecule has 0 spiro atoms. The summed E-state index contributed by atoms with van der Waals surface area (Å²) in [6.07, 6.45) is 3.63. The molecule has 0 radical (unpaired) electrons. The molecule has 1 heterocycles. The zero-order valence-corrected chi connectivity index (χ0v) is 12.6. The van der Waals surface area contributed by atoms with Crippen LogP contribution in [0.4, 0.5) is 5.82 Å². The predicted octanol–water partition coefficient (Wildman–Crippen LogP) is 3.71. The Morgan fingerprint density at radius 3 is 2.71 bits per heavy atom. The fraction of sp³-hybridized carbons (Fsp3) is 0.250. The highest BCUT2D eigenvalue weighted by Crippen LogP contribution is 2.18. The van der Waals surface area contributed by atoms with Gasteiger partial charge >= 0.3 is 0 Å². The monoisotopic (exact) mass is 304 g/mol. The second-order valence-electron chi connectivity index (χ2n) is 4.58. The van der Waals surface area contributed by atoms with E-state index in [2.05, 4.69) is 10.3 Å². The Kier molecular flexibility index (Phi) is 5.58. The summed E-state index contributed by atoms with van der Waals surface area (Å²) in [5.74, 6) is 1.17. The molecule has 1 N–H and O–H groups in total. The van der Waals surface area contributed by atoms with Gasteiger partial charge in [0.05, 0.1) is 12.1 Å². The van der Waals surface area contributed by atoms with Crippen molar-refractivity contribution < 1.29 is 9.53 Å². The van der Waals surface area contributed by atoms with Crippen molar-refractivity contribution in [1.82, 2.24) is 4.98 Å². The number of benzene rings is 1. The number of aryl methyl sites for hydroxylation is 1. The van der Waals surface area contributed by atoms with E-state index in [0.29, 0.717) is 17.3 Å². The van der Waals surface area contributed by atoms with Gasteiger partial charge in [0.2, 0.25) is 5.91 Å². The molecule has 0 fully saturated rings. The molecule has 1 aromatic carbocycles. The van der Waals surface area contributed by atoms with Crippen LogP contribution >= 0.6 is 11.6 Å². The van der Waals surface area contributed by atoms with E-state index in [1.54, 1.807) is 25.4 Å². The quantitative estimate of drug-likeness (QED) is 0.885. The van der Waals surface area contributed by atoms with Crippen LogP contribution in [0.2, 0.25) is 5.02 Å². The highest BCUT2D eigenvalue weighted by atomic mass is 35.5. The lowest BCUT2D eigenvalue weighted by molar-refractivity contribution is -0.116. The predicted molar refractivity (Wildman–Crippen MR) is 83.8 cm³/mol. The molecule has 0 atom stereocenters. The Morgan fingerprint density at radius 1 is 1.29 bits per heavy atom. The van der Waals surface area contributed by atoms with E-state index < -0.39 is 0 Å². The molecule has 0 saturated carbocycles. The van der Waals surface area contributed by atoms with Gasteiger partial charge in [0, 0.05) is 12.6 Å². The number of nitrogens with zero attached hydrogens (tertiary/aromatic N) is 1. The Balaban J connectivity index is 1.77. The lowest BCUT2D eigenvalue weighted by atomic mass is 10.1. The van der Waals surface area contributed by atoms with Crippen LogP contribution in [0.5, 0.6) is 5.75 Å². The molecule has 0 aliphatic heterocycles. The number of amides is 1. The molecule has 2 aromatic rings. The van der Waals surface area contributed by atoms with Gasteiger partial charge < -0.3 is 10.1 Å². The fourth-order valence-electron chi connectivity index (χ4n) is 1.92. The minimum Gasteiger partial charge on any atom is -0.497 e. The van der Waals surface area contributed by atoms with Gasteiger partial charge in [-0.05, 0) is 42.7 Å². The molecule has 1 aromatic heterocycles. The SMILES string of the molecule is COc1ccc(CCCC(=O)Nc2ncccc2Cl)cc1. The summed E-state index contributed by atoms with van der Waals surface area (Å²) in [7, 11) is 1.64. The second kappa shape index (κ2) is 7.64. The van der Waals surface area contributed by atoms with Crippen LogP contribution in [0.3, 0.4) is 0 Å². The van der Waals surface area contributed by atoms with Crippen LogP contribution in [-0.2, 0) is 11.2 Å². The van der Waals surface area contributed by atoms with Gasteiger partial charge in [0.25, 0.3) is 0 Å². The van der Waals surface area contributed by atoms with E-state index in [-0.39, 0.29) is 5.91 Å². The number of aromatic nitrogens is 1. The van der Waals surface area contributed by atoms with Crippen LogP contribution in [0.25, 0.3) is 0 Å². The van der Waals surface area contributed by atoms with Crippen molar-refractivity contribution in [3.8, 4) is 5.75 Å². The normalized spacial score (nSPS) is 10.2. The number of anilines is 1. The van der Waals surface area contributed by atoms with E-state index >= 15 is 0 Å². The number of nitrogens with one attached hydrogen (secondary N) is 1. The highest BCUT2D eigenvalue weighted by molar-refractivity contribution is 6.33. The third kappa shape index (κ3) is 4.76. The van der Waals surface area contributed by atoms with Crippen molar-refractivity contribution in [2.45, 2.75) is 19.3 Å². The first-order valence-electron chi connectivity index (χ1n) is 6.72. The number of carbonyl (C=O) groups is 1. The van der Waals surface area contributed by atoms with E-state index in [1.807, 2.05) is 24.3 Å². The van der Waals surface area contributed by atoms with Crippen molar-refractivity contribution in [3.05, 3.63) is 53.2 Å². The summed E-state index contributed by atoms with van der Waals surface area (Å²) in [6.45, 7) is 0. The maximum atomic E-state index is 11.8.